The number of nitrogens with one attached hydrogen (secondary N) is 1. The van der Waals surface area contributed by atoms with Crippen LogP contribution in [-0.4, -0.2) is 37.5 Å². The fourth-order valence-corrected chi connectivity index (χ4v) is 3.24. The standard InChI is InChI=1S/C21H21ClN2O5/c1-2-28-18-10-6-5-9-17(18)24-12-14(11-20(24)26)21(27)29-13-19(25)23-16-8-4-3-7-15(16)22/h3-10,14H,2,11-13H2,1H3,(H,23,25)/t14-/m1/s1. The third-order valence-corrected chi connectivity index (χ3v) is 4.74. The van der Waals surface area contributed by atoms with Crippen molar-refractivity contribution in [2.75, 3.05) is 30.0 Å². The van der Waals surface area contributed by atoms with Crippen LogP contribution in [0.15, 0.2) is 48.5 Å². The number of carbonyl (C=O) groups excluding carboxylic acids is 3. The Morgan fingerprint density at radius 1 is 1.17 bits per heavy atom. The van der Waals surface area contributed by atoms with Gasteiger partial charge in [-0.25, -0.2) is 0 Å². The minimum absolute atomic E-state index is 0.0193. The van der Waals surface area contributed by atoms with E-state index in [1.165, 1.54) is 4.90 Å². The van der Waals surface area contributed by atoms with E-state index in [1.807, 2.05) is 13.0 Å². The summed E-state index contributed by atoms with van der Waals surface area (Å²) < 4.78 is 10.7. The number of halogens is 1. The van der Waals surface area contributed by atoms with Gasteiger partial charge in [0.1, 0.15) is 5.75 Å². The number of carbonyl (C=O) groups is 3. The first-order valence-corrected chi connectivity index (χ1v) is 9.60. The average Bonchev–Trinajstić information content (AvgIpc) is 3.10. The maximum atomic E-state index is 12.4. The Morgan fingerprint density at radius 2 is 1.90 bits per heavy atom. The Kier molecular flexibility index (Phi) is 6.72. The van der Waals surface area contributed by atoms with Gasteiger partial charge in [0.15, 0.2) is 6.61 Å². The largest absolute Gasteiger partial charge is 0.492 e. The molecule has 1 aliphatic heterocycles. The summed E-state index contributed by atoms with van der Waals surface area (Å²) >= 11 is 5.98. The molecule has 2 aromatic carbocycles. The lowest BCUT2D eigenvalue weighted by Gasteiger charge is -2.19. The van der Waals surface area contributed by atoms with Crippen molar-refractivity contribution in [1.82, 2.24) is 0 Å². The smallest absolute Gasteiger partial charge is 0.311 e. The van der Waals surface area contributed by atoms with Gasteiger partial charge in [-0.2, -0.15) is 0 Å². The van der Waals surface area contributed by atoms with Gasteiger partial charge in [-0.15, -0.1) is 0 Å². The zero-order chi connectivity index (χ0) is 20.8. The Balaban J connectivity index is 1.57. The Bertz CT molecular complexity index is 917. The maximum Gasteiger partial charge on any atom is 0.311 e. The van der Waals surface area contributed by atoms with Crippen molar-refractivity contribution in [1.29, 1.82) is 0 Å². The van der Waals surface area contributed by atoms with Crippen molar-refractivity contribution in [2.24, 2.45) is 5.92 Å². The SMILES string of the molecule is CCOc1ccccc1N1C[C@H](C(=O)OCC(=O)Nc2ccccc2Cl)CC1=O. The van der Waals surface area contributed by atoms with Crippen LogP contribution in [0.25, 0.3) is 0 Å². The molecule has 0 aromatic heterocycles. The van der Waals surface area contributed by atoms with E-state index >= 15 is 0 Å². The van der Waals surface area contributed by atoms with Gasteiger partial charge in [0.2, 0.25) is 5.91 Å². The van der Waals surface area contributed by atoms with E-state index in [0.717, 1.165) is 0 Å². The van der Waals surface area contributed by atoms with Gasteiger partial charge in [0.25, 0.3) is 5.91 Å². The third-order valence-electron chi connectivity index (χ3n) is 4.41. The number of para-hydroxylation sites is 3. The molecule has 1 saturated heterocycles. The van der Waals surface area contributed by atoms with Crippen LogP contribution in [0.5, 0.6) is 5.75 Å². The first-order chi connectivity index (χ1) is 14.0. The molecule has 0 unspecified atom stereocenters. The summed E-state index contributed by atoms with van der Waals surface area (Å²) in [6.07, 6.45) is 0.0193. The molecular weight excluding hydrogens is 396 g/mol. The predicted molar refractivity (Wildman–Crippen MR) is 109 cm³/mol. The summed E-state index contributed by atoms with van der Waals surface area (Å²) in [5.74, 6) is -1.36. The monoisotopic (exact) mass is 416 g/mol. The maximum absolute atomic E-state index is 12.4. The first kappa shape index (κ1) is 20.7. The van der Waals surface area contributed by atoms with Crippen LogP contribution < -0.4 is 15.0 Å². The fourth-order valence-electron chi connectivity index (χ4n) is 3.06. The van der Waals surface area contributed by atoms with E-state index in [4.69, 9.17) is 21.1 Å². The normalized spacial score (nSPS) is 15.9. The molecule has 0 spiro atoms. The molecule has 0 aliphatic carbocycles. The number of ether oxygens (including phenoxy) is 2. The molecule has 1 atom stereocenters. The molecule has 3 rings (SSSR count). The molecule has 0 saturated carbocycles. The number of nitrogens with zero attached hydrogens (tertiary/aromatic N) is 1. The van der Waals surface area contributed by atoms with Crippen LogP contribution in [0.1, 0.15) is 13.3 Å². The number of hydrogen-bond acceptors (Lipinski definition) is 5. The molecular formula is C21H21ClN2O5. The molecule has 8 heteroatoms. The lowest BCUT2D eigenvalue weighted by Crippen LogP contribution is -2.28. The zero-order valence-electron chi connectivity index (χ0n) is 15.9. The quantitative estimate of drug-likeness (QED) is 0.700. The zero-order valence-corrected chi connectivity index (χ0v) is 16.6. The fraction of sp³-hybridized carbons (Fsp3) is 0.286. The van der Waals surface area contributed by atoms with Crippen LogP contribution in [0.3, 0.4) is 0 Å². The van der Waals surface area contributed by atoms with Gasteiger partial charge in [0, 0.05) is 13.0 Å². The highest BCUT2D eigenvalue weighted by Crippen LogP contribution is 2.33. The van der Waals surface area contributed by atoms with Crippen molar-refractivity contribution >= 4 is 40.8 Å². The number of amides is 2. The molecule has 1 heterocycles. The molecule has 0 bridgehead atoms. The van der Waals surface area contributed by atoms with Crippen LogP contribution in [0, 0.1) is 5.92 Å². The molecule has 0 radical (unpaired) electrons. The van der Waals surface area contributed by atoms with E-state index in [9.17, 15) is 14.4 Å². The van der Waals surface area contributed by atoms with E-state index in [1.54, 1.807) is 42.5 Å². The van der Waals surface area contributed by atoms with Crippen LogP contribution >= 0.6 is 11.6 Å². The number of benzene rings is 2. The molecule has 1 aliphatic rings. The summed E-state index contributed by atoms with van der Waals surface area (Å²) in [6, 6.07) is 13.9. The van der Waals surface area contributed by atoms with Gasteiger partial charge in [-0.3, -0.25) is 14.4 Å². The summed E-state index contributed by atoms with van der Waals surface area (Å²) in [5.41, 5.74) is 1.05. The molecule has 1 fully saturated rings. The number of esters is 1. The molecule has 2 amide bonds. The predicted octanol–water partition coefficient (Wildman–Crippen LogP) is 3.27. The molecule has 152 valence electrons. The summed E-state index contributed by atoms with van der Waals surface area (Å²) in [6.45, 7) is 2.04. The summed E-state index contributed by atoms with van der Waals surface area (Å²) in [7, 11) is 0. The molecule has 1 N–H and O–H groups in total. The number of rotatable bonds is 7. The molecule has 2 aromatic rings. The second kappa shape index (κ2) is 9.43. The van der Waals surface area contributed by atoms with E-state index in [-0.39, 0.29) is 18.9 Å². The van der Waals surface area contributed by atoms with Crippen LogP contribution in [-0.2, 0) is 19.1 Å². The van der Waals surface area contributed by atoms with Gasteiger partial charge in [0.05, 0.1) is 28.9 Å². The van der Waals surface area contributed by atoms with Crippen molar-refractivity contribution in [3.8, 4) is 5.75 Å². The highest BCUT2D eigenvalue weighted by atomic mass is 35.5. The lowest BCUT2D eigenvalue weighted by molar-refractivity contribution is -0.151. The highest BCUT2D eigenvalue weighted by molar-refractivity contribution is 6.33. The van der Waals surface area contributed by atoms with Crippen LogP contribution in [0.2, 0.25) is 5.02 Å². The topological polar surface area (TPSA) is 84.9 Å². The second-order valence-corrected chi connectivity index (χ2v) is 6.85. The van der Waals surface area contributed by atoms with E-state index in [2.05, 4.69) is 5.32 Å². The Morgan fingerprint density at radius 3 is 2.66 bits per heavy atom. The van der Waals surface area contributed by atoms with E-state index in [0.29, 0.717) is 28.8 Å². The van der Waals surface area contributed by atoms with Crippen molar-refractivity contribution in [3.63, 3.8) is 0 Å². The van der Waals surface area contributed by atoms with E-state index < -0.39 is 24.4 Å². The van der Waals surface area contributed by atoms with Gasteiger partial charge in [-0.1, -0.05) is 35.9 Å². The number of anilines is 2. The van der Waals surface area contributed by atoms with Crippen LogP contribution in [0.4, 0.5) is 11.4 Å². The van der Waals surface area contributed by atoms with Crippen molar-refractivity contribution < 1.29 is 23.9 Å². The lowest BCUT2D eigenvalue weighted by atomic mass is 10.1. The Labute approximate surface area is 173 Å². The molecule has 29 heavy (non-hydrogen) atoms. The second-order valence-electron chi connectivity index (χ2n) is 6.44. The minimum Gasteiger partial charge on any atom is -0.492 e. The highest BCUT2D eigenvalue weighted by Gasteiger charge is 2.37. The van der Waals surface area contributed by atoms with Gasteiger partial charge >= 0.3 is 5.97 Å². The molecule has 7 nitrogen and oxygen atoms in total. The first-order valence-electron chi connectivity index (χ1n) is 9.22. The third kappa shape index (κ3) is 5.06. The minimum atomic E-state index is -0.648. The summed E-state index contributed by atoms with van der Waals surface area (Å²) in [5, 5.41) is 2.97. The van der Waals surface area contributed by atoms with Crippen molar-refractivity contribution in [3.05, 3.63) is 53.6 Å². The number of hydrogen-bond donors (Lipinski definition) is 1. The van der Waals surface area contributed by atoms with Gasteiger partial charge in [-0.05, 0) is 31.2 Å². The average molecular weight is 417 g/mol. The Hall–Kier alpha value is -3.06. The van der Waals surface area contributed by atoms with Crippen molar-refractivity contribution in [2.45, 2.75) is 13.3 Å². The van der Waals surface area contributed by atoms with Gasteiger partial charge < -0.3 is 19.7 Å². The summed E-state index contributed by atoms with van der Waals surface area (Å²) in [4.78, 5) is 38.3.